The van der Waals surface area contributed by atoms with E-state index in [0.717, 1.165) is 0 Å². The normalized spacial score (nSPS) is 11.4. The lowest BCUT2D eigenvalue weighted by Crippen LogP contribution is -2.16. The predicted octanol–water partition coefficient (Wildman–Crippen LogP) is 4.85. The molecule has 0 saturated carbocycles. The second-order valence-electron chi connectivity index (χ2n) is 5.37. The summed E-state index contributed by atoms with van der Waals surface area (Å²) < 4.78 is 78.9. The van der Waals surface area contributed by atoms with E-state index in [9.17, 15) is 26.3 Å². The number of nitrogens with zero attached hydrogens (tertiary/aromatic N) is 3. The Morgan fingerprint density at radius 3 is 1.66 bits per heavy atom. The summed E-state index contributed by atoms with van der Waals surface area (Å²) in [5.41, 5.74) is 1.27. The van der Waals surface area contributed by atoms with Gasteiger partial charge in [0.25, 0.3) is 0 Å². The number of aromatic nitrogens is 2. The minimum Gasteiger partial charge on any atom is -0.367 e. The van der Waals surface area contributed by atoms with Crippen molar-refractivity contribution < 1.29 is 35.8 Å². The minimum atomic E-state index is -4.32. The van der Waals surface area contributed by atoms with Crippen LogP contribution in [0.25, 0.3) is 0 Å². The van der Waals surface area contributed by atoms with Gasteiger partial charge in [-0.3, -0.25) is 0 Å². The number of halogens is 7. The second-order valence-corrected chi connectivity index (χ2v) is 5.76. The van der Waals surface area contributed by atoms with Crippen LogP contribution in [0.4, 0.5) is 26.3 Å². The fourth-order valence-electron chi connectivity index (χ4n) is 1.64. The van der Waals surface area contributed by atoms with Gasteiger partial charge in [0.05, 0.1) is 13.2 Å². The Labute approximate surface area is 166 Å². The van der Waals surface area contributed by atoms with E-state index in [1.54, 1.807) is 12.1 Å². The molecule has 0 amide bonds. The van der Waals surface area contributed by atoms with E-state index >= 15 is 0 Å². The molecule has 29 heavy (non-hydrogen) atoms. The first kappa shape index (κ1) is 24.6. The van der Waals surface area contributed by atoms with Crippen molar-refractivity contribution in [2.45, 2.75) is 25.6 Å². The smallest absolute Gasteiger partial charge is 0.367 e. The van der Waals surface area contributed by atoms with Gasteiger partial charge in [-0.1, -0.05) is 23.7 Å². The van der Waals surface area contributed by atoms with Crippen molar-refractivity contribution in [3.8, 4) is 6.07 Å². The molecule has 0 aliphatic carbocycles. The summed E-state index contributed by atoms with van der Waals surface area (Å²) in [6, 6.07) is 7.78. The molecular formula is C17H14ClF6N3O2. The zero-order valence-electron chi connectivity index (χ0n) is 14.6. The molecule has 0 bridgehead atoms. The first-order valence-electron chi connectivity index (χ1n) is 7.73. The highest BCUT2D eigenvalue weighted by molar-refractivity contribution is 6.29. The van der Waals surface area contributed by atoms with Crippen LogP contribution < -0.4 is 0 Å². The zero-order valence-corrected chi connectivity index (χ0v) is 15.4. The topological polar surface area (TPSA) is 68.0 Å². The first-order valence-corrected chi connectivity index (χ1v) is 8.11. The third-order valence-corrected chi connectivity index (χ3v) is 3.02. The monoisotopic (exact) mass is 441 g/mol. The van der Waals surface area contributed by atoms with E-state index in [4.69, 9.17) is 16.9 Å². The molecule has 2 aromatic heterocycles. The number of pyridine rings is 2. The van der Waals surface area contributed by atoms with Gasteiger partial charge in [-0.2, -0.15) is 31.6 Å². The molecule has 0 aromatic carbocycles. The van der Waals surface area contributed by atoms with E-state index in [-0.39, 0.29) is 18.9 Å². The van der Waals surface area contributed by atoms with Gasteiger partial charge in [0.1, 0.15) is 30.1 Å². The maximum absolute atomic E-state index is 11.7. The van der Waals surface area contributed by atoms with Crippen molar-refractivity contribution in [1.82, 2.24) is 9.97 Å². The SMILES string of the molecule is FC(F)(F)COCc1ccc(Cl)nc1.N#Cc1ccc(COCC(F)(F)F)cn1. The maximum Gasteiger partial charge on any atom is 0.411 e. The molecule has 158 valence electrons. The molecule has 0 aliphatic rings. The van der Waals surface area contributed by atoms with Crippen LogP contribution in [0.5, 0.6) is 0 Å². The van der Waals surface area contributed by atoms with E-state index in [0.29, 0.717) is 16.3 Å². The Balaban J connectivity index is 0.000000291. The van der Waals surface area contributed by atoms with Gasteiger partial charge in [-0.15, -0.1) is 0 Å². The number of ether oxygens (including phenoxy) is 2. The van der Waals surface area contributed by atoms with Gasteiger partial charge in [-0.25, -0.2) is 9.97 Å². The van der Waals surface area contributed by atoms with Gasteiger partial charge >= 0.3 is 12.4 Å². The summed E-state index contributed by atoms with van der Waals surface area (Å²) >= 11 is 5.49. The van der Waals surface area contributed by atoms with Crippen LogP contribution in [0.2, 0.25) is 5.15 Å². The molecule has 2 rings (SSSR count). The highest BCUT2D eigenvalue weighted by Gasteiger charge is 2.27. The Kier molecular flexibility index (Phi) is 9.80. The van der Waals surface area contributed by atoms with Crippen LogP contribution in [0.3, 0.4) is 0 Å². The van der Waals surface area contributed by atoms with Crippen LogP contribution in [0.15, 0.2) is 36.7 Å². The number of nitriles is 1. The zero-order chi connectivity index (χ0) is 21.9. The molecule has 0 aliphatic heterocycles. The summed E-state index contributed by atoms with van der Waals surface area (Å²) in [5.74, 6) is 0. The molecule has 0 saturated heterocycles. The molecule has 2 aromatic rings. The summed E-state index contributed by atoms with van der Waals surface area (Å²) in [6.07, 6.45) is -5.92. The highest BCUT2D eigenvalue weighted by atomic mass is 35.5. The number of alkyl halides is 6. The highest BCUT2D eigenvalue weighted by Crippen LogP contribution is 2.16. The average Bonchev–Trinajstić information content (AvgIpc) is 2.62. The van der Waals surface area contributed by atoms with Crippen LogP contribution in [0, 0.1) is 11.3 Å². The minimum absolute atomic E-state index is 0.121. The molecule has 0 unspecified atom stereocenters. The molecule has 0 N–H and O–H groups in total. The molecular weight excluding hydrogens is 428 g/mol. The van der Waals surface area contributed by atoms with Crippen molar-refractivity contribution in [2.75, 3.05) is 13.2 Å². The third kappa shape index (κ3) is 12.6. The van der Waals surface area contributed by atoms with Crippen LogP contribution >= 0.6 is 11.6 Å². The Morgan fingerprint density at radius 2 is 1.31 bits per heavy atom. The number of rotatable bonds is 6. The predicted molar refractivity (Wildman–Crippen MR) is 89.6 cm³/mol. The molecule has 2 heterocycles. The average molecular weight is 442 g/mol. The Morgan fingerprint density at radius 1 is 0.828 bits per heavy atom. The van der Waals surface area contributed by atoms with E-state index in [2.05, 4.69) is 19.4 Å². The molecule has 0 radical (unpaired) electrons. The standard InChI is InChI=1S/C9H7F3N2O.C8H7ClF3NO/c10-9(11,12)6-15-5-7-1-2-8(3-13)14-4-7;9-7-2-1-6(3-13-7)4-14-5-8(10,11)12/h1-2,4H,5-6H2;1-3H,4-5H2. The largest absolute Gasteiger partial charge is 0.411 e. The van der Waals surface area contributed by atoms with Crippen molar-refractivity contribution in [3.05, 3.63) is 58.6 Å². The first-order chi connectivity index (χ1) is 13.5. The molecule has 0 spiro atoms. The van der Waals surface area contributed by atoms with Gasteiger partial charge in [-0.05, 0) is 23.3 Å². The quantitative estimate of drug-likeness (QED) is 0.473. The lowest BCUT2D eigenvalue weighted by atomic mass is 10.3. The van der Waals surface area contributed by atoms with Crippen LogP contribution in [-0.2, 0) is 22.7 Å². The molecule has 0 atom stereocenters. The van der Waals surface area contributed by atoms with Crippen LogP contribution in [-0.4, -0.2) is 35.5 Å². The molecule has 0 fully saturated rings. The number of hydrogen-bond donors (Lipinski definition) is 0. The lowest BCUT2D eigenvalue weighted by Gasteiger charge is -2.06. The van der Waals surface area contributed by atoms with Crippen molar-refractivity contribution in [1.29, 1.82) is 5.26 Å². The molecule has 12 heteroatoms. The van der Waals surface area contributed by atoms with Crippen molar-refractivity contribution in [3.63, 3.8) is 0 Å². The summed E-state index contributed by atoms with van der Waals surface area (Å²) in [7, 11) is 0. The Hall–Kier alpha value is -2.42. The fraction of sp³-hybridized carbons (Fsp3) is 0.353. The van der Waals surface area contributed by atoms with Crippen LogP contribution in [0.1, 0.15) is 16.8 Å². The van der Waals surface area contributed by atoms with Gasteiger partial charge in [0.2, 0.25) is 0 Å². The summed E-state index contributed by atoms with van der Waals surface area (Å²) in [5, 5.41) is 8.71. The third-order valence-electron chi connectivity index (χ3n) is 2.80. The van der Waals surface area contributed by atoms with E-state index in [1.807, 2.05) is 0 Å². The molecule has 5 nitrogen and oxygen atoms in total. The second kappa shape index (κ2) is 11.5. The van der Waals surface area contributed by atoms with Gasteiger partial charge < -0.3 is 9.47 Å². The lowest BCUT2D eigenvalue weighted by molar-refractivity contribution is -0.177. The summed E-state index contributed by atoms with van der Waals surface area (Å²) in [6.45, 7) is -2.83. The van der Waals surface area contributed by atoms with E-state index in [1.165, 1.54) is 30.6 Å². The van der Waals surface area contributed by atoms with E-state index < -0.39 is 25.6 Å². The number of hydrogen-bond acceptors (Lipinski definition) is 5. The Bertz CT molecular complexity index is 774. The van der Waals surface area contributed by atoms with Crippen molar-refractivity contribution in [2.24, 2.45) is 0 Å². The summed E-state index contributed by atoms with van der Waals surface area (Å²) in [4.78, 5) is 7.39. The van der Waals surface area contributed by atoms with Crippen molar-refractivity contribution >= 4 is 11.6 Å². The fourth-order valence-corrected chi connectivity index (χ4v) is 1.75. The van der Waals surface area contributed by atoms with Gasteiger partial charge in [0, 0.05) is 12.4 Å². The maximum atomic E-state index is 11.7. The van der Waals surface area contributed by atoms with Gasteiger partial charge in [0.15, 0.2) is 0 Å².